The minimum Gasteiger partial charge on any atom is -0.392 e. The van der Waals surface area contributed by atoms with Crippen LogP contribution in [-0.4, -0.2) is 29.1 Å². The molecule has 1 aliphatic heterocycles. The smallest absolute Gasteiger partial charge is 0.321 e. The number of amides is 2. The van der Waals surface area contributed by atoms with Gasteiger partial charge in [0.15, 0.2) is 0 Å². The summed E-state index contributed by atoms with van der Waals surface area (Å²) in [5, 5.41) is 11.7. The van der Waals surface area contributed by atoms with E-state index >= 15 is 0 Å². The maximum atomic E-state index is 11.7. The van der Waals surface area contributed by atoms with E-state index in [2.05, 4.69) is 5.32 Å². The Morgan fingerprint density at radius 1 is 1.25 bits per heavy atom. The Kier molecular flexibility index (Phi) is 3.41. The molecule has 2 amide bonds. The second-order valence-corrected chi connectivity index (χ2v) is 3.98. The molecule has 2 rings (SSSR count). The monoisotopic (exact) mass is 220 g/mol. The lowest BCUT2D eigenvalue weighted by atomic mass is 10.2. The summed E-state index contributed by atoms with van der Waals surface area (Å²) in [5.41, 5.74) is 1.62. The van der Waals surface area contributed by atoms with E-state index in [4.69, 9.17) is 5.11 Å². The standard InChI is InChI=1S/C12H16N2O2/c15-9-10-3-5-11(6-4-10)13-12(16)14-7-1-2-8-14/h3-6,15H,1-2,7-9H2,(H,13,16). The number of rotatable bonds is 2. The fraction of sp³-hybridized carbons (Fsp3) is 0.417. The van der Waals surface area contributed by atoms with E-state index in [-0.39, 0.29) is 12.6 Å². The Balaban J connectivity index is 1.94. The number of anilines is 1. The molecule has 0 saturated carbocycles. The van der Waals surface area contributed by atoms with Crippen molar-refractivity contribution in [2.24, 2.45) is 0 Å². The van der Waals surface area contributed by atoms with Crippen LogP contribution in [0, 0.1) is 0 Å². The van der Waals surface area contributed by atoms with Gasteiger partial charge in [0.05, 0.1) is 6.61 Å². The van der Waals surface area contributed by atoms with Crippen molar-refractivity contribution in [3.05, 3.63) is 29.8 Å². The molecule has 2 N–H and O–H groups in total. The number of benzene rings is 1. The lowest BCUT2D eigenvalue weighted by Gasteiger charge is -2.16. The Bertz CT molecular complexity index is 356. The Morgan fingerprint density at radius 2 is 1.88 bits per heavy atom. The number of nitrogens with one attached hydrogen (secondary N) is 1. The quantitative estimate of drug-likeness (QED) is 0.798. The van der Waals surface area contributed by atoms with E-state index in [1.165, 1.54) is 0 Å². The number of aliphatic hydroxyl groups excluding tert-OH is 1. The van der Waals surface area contributed by atoms with Crippen molar-refractivity contribution in [2.45, 2.75) is 19.4 Å². The first kappa shape index (κ1) is 11.0. The SMILES string of the molecule is O=C(Nc1ccc(CO)cc1)N1CCCC1. The zero-order valence-electron chi connectivity index (χ0n) is 9.15. The molecule has 0 aromatic heterocycles. The average molecular weight is 220 g/mol. The highest BCUT2D eigenvalue weighted by Gasteiger charge is 2.17. The predicted octanol–water partition coefficient (Wildman–Crippen LogP) is 1.81. The summed E-state index contributed by atoms with van der Waals surface area (Å²) in [5.74, 6) is 0. The van der Waals surface area contributed by atoms with Crippen molar-refractivity contribution >= 4 is 11.7 Å². The first-order valence-electron chi connectivity index (χ1n) is 5.55. The molecule has 1 aromatic rings. The van der Waals surface area contributed by atoms with Gasteiger partial charge in [-0.1, -0.05) is 12.1 Å². The number of hydrogen-bond acceptors (Lipinski definition) is 2. The van der Waals surface area contributed by atoms with E-state index in [9.17, 15) is 4.79 Å². The lowest BCUT2D eigenvalue weighted by Crippen LogP contribution is -2.32. The number of carbonyl (C=O) groups is 1. The van der Waals surface area contributed by atoms with Crippen LogP contribution in [0.2, 0.25) is 0 Å². The van der Waals surface area contributed by atoms with Gasteiger partial charge >= 0.3 is 6.03 Å². The number of urea groups is 1. The van der Waals surface area contributed by atoms with Gasteiger partial charge < -0.3 is 15.3 Å². The van der Waals surface area contributed by atoms with Crippen LogP contribution in [0.5, 0.6) is 0 Å². The number of likely N-dealkylation sites (tertiary alicyclic amines) is 1. The van der Waals surface area contributed by atoms with E-state index < -0.39 is 0 Å². The third-order valence-electron chi connectivity index (χ3n) is 2.78. The van der Waals surface area contributed by atoms with Crippen molar-refractivity contribution < 1.29 is 9.90 Å². The highest BCUT2D eigenvalue weighted by Crippen LogP contribution is 2.13. The van der Waals surface area contributed by atoms with E-state index in [1.54, 1.807) is 24.3 Å². The van der Waals surface area contributed by atoms with Crippen LogP contribution in [0.4, 0.5) is 10.5 Å². The van der Waals surface area contributed by atoms with Gasteiger partial charge in [-0.25, -0.2) is 4.79 Å². The Morgan fingerprint density at radius 3 is 2.44 bits per heavy atom. The molecular formula is C12H16N2O2. The van der Waals surface area contributed by atoms with Crippen LogP contribution in [0.1, 0.15) is 18.4 Å². The van der Waals surface area contributed by atoms with Crippen LogP contribution in [0.15, 0.2) is 24.3 Å². The fourth-order valence-electron chi connectivity index (χ4n) is 1.82. The first-order valence-corrected chi connectivity index (χ1v) is 5.55. The summed E-state index contributed by atoms with van der Waals surface area (Å²) in [6.45, 7) is 1.72. The van der Waals surface area contributed by atoms with Gasteiger partial charge in [-0.15, -0.1) is 0 Å². The van der Waals surface area contributed by atoms with Gasteiger partial charge in [0.2, 0.25) is 0 Å². The molecule has 4 nitrogen and oxygen atoms in total. The summed E-state index contributed by atoms with van der Waals surface area (Å²) in [6.07, 6.45) is 2.19. The van der Waals surface area contributed by atoms with E-state index in [1.807, 2.05) is 4.90 Å². The molecule has 16 heavy (non-hydrogen) atoms. The Labute approximate surface area is 94.9 Å². The zero-order valence-corrected chi connectivity index (χ0v) is 9.15. The molecule has 0 radical (unpaired) electrons. The molecule has 1 aromatic carbocycles. The van der Waals surface area contributed by atoms with Crippen molar-refractivity contribution in [3.63, 3.8) is 0 Å². The molecular weight excluding hydrogens is 204 g/mol. The highest BCUT2D eigenvalue weighted by molar-refractivity contribution is 5.89. The normalized spacial score (nSPS) is 15.2. The molecule has 1 fully saturated rings. The van der Waals surface area contributed by atoms with Gasteiger partial charge in [-0.3, -0.25) is 0 Å². The molecule has 4 heteroatoms. The average Bonchev–Trinajstić information content (AvgIpc) is 2.83. The maximum Gasteiger partial charge on any atom is 0.321 e. The number of hydrogen-bond donors (Lipinski definition) is 2. The highest BCUT2D eigenvalue weighted by atomic mass is 16.3. The molecule has 0 spiro atoms. The summed E-state index contributed by atoms with van der Waals surface area (Å²) in [6, 6.07) is 7.19. The van der Waals surface area contributed by atoms with Crippen molar-refractivity contribution in [1.29, 1.82) is 0 Å². The van der Waals surface area contributed by atoms with E-state index in [0.29, 0.717) is 0 Å². The fourth-order valence-corrected chi connectivity index (χ4v) is 1.82. The van der Waals surface area contributed by atoms with Crippen molar-refractivity contribution in [3.8, 4) is 0 Å². The van der Waals surface area contributed by atoms with Gasteiger partial charge in [0, 0.05) is 18.8 Å². The molecule has 1 aliphatic rings. The van der Waals surface area contributed by atoms with Crippen LogP contribution in [0.25, 0.3) is 0 Å². The van der Waals surface area contributed by atoms with Gasteiger partial charge in [0.1, 0.15) is 0 Å². The summed E-state index contributed by atoms with van der Waals surface area (Å²) >= 11 is 0. The maximum absolute atomic E-state index is 11.7. The van der Waals surface area contributed by atoms with Crippen LogP contribution in [0.3, 0.4) is 0 Å². The Hall–Kier alpha value is -1.55. The first-order chi connectivity index (χ1) is 7.79. The zero-order chi connectivity index (χ0) is 11.4. The molecule has 1 heterocycles. The lowest BCUT2D eigenvalue weighted by molar-refractivity contribution is 0.222. The van der Waals surface area contributed by atoms with Gasteiger partial charge in [-0.05, 0) is 30.5 Å². The topological polar surface area (TPSA) is 52.6 Å². The molecule has 0 aliphatic carbocycles. The second-order valence-electron chi connectivity index (χ2n) is 3.98. The minimum atomic E-state index is -0.0331. The summed E-state index contributed by atoms with van der Waals surface area (Å²) in [7, 11) is 0. The van der Waals surface area contributed by atoms with Crippen LogP contribution < -0.4 is 5.32 Å². The number of nitrogens with zero attached hydrogens (tertiary/aromatic N) is 1. The predicted molar refractivity (Wildman–Crippen MR) is 62.2 cm³/mol. The minimum absolute atomic E-state index is 0.0281. The molecule has 0 atom stereocenters. The third-order valence-corrected chi connectivity index (χ3v) is 2.78. The van der Waals surface area contributed by atoms with Crippen molar-refractivity contribution in [2.75, 3.05) is 18.4 Å². The number of aliphatic hydroxyl groups is 1. The third kappa shape index (κ3) is 2.52. The largest absolute Gasteiger partial charge is 0.392 e. The van der Waals surface area contributed by atoms with Gasteiger partial charge in [0.25, 0.3) is 0 Å². The molecule has 86 valence electrons. The molecule has 1 saturated heterocycles. The molecule has 0 unspecified atom stereocenters. The van der Waals surface area contributed by atoms with Crippen molar-refractivity contribution in [1.82, 2.24) is 4.90 Å². The second kappa shape index (κ2) is 4.99. The molecule has 0 bridgehead atoms. The summed E-state index contributed by atoms with van der Waals surface area (Å²) in [4.78, 5) is 13.6. The van der Waals surface area contributed by atoms with E-state index in [0.717, 1.165) is 37.2 Å². The number of carbonyl (C=O) groups excluding carboxylic acids is 1. The van der Waals surface area contributed by atoms with Crippen LogP contribution in [-0.2, 0) is 6.61 Å². The van der Waals surface area contributed by atoms with Crippen LogP contribution >= 0.6 is 0 Å². The summed E-state index contributed by atoms with van der Waals surface area (Å²) < 4.78 is 0. The van der Waals surface area contributed by atoms with Gasteiger partial charge in [-0.2, -0.15) is 0 Å².